The Morgan fingerprint density at radius 1 is 0.909 bits per heavy atom. The molecule has 7 heteroatoms. The first-order chi connectivity index (χ1) is 16.0. The molecule has 0 bridgehead atoms. The van der Waals surface area contributed by atoms with E-state index in [0.29, 0.717) is 12.1 Å². The normalized spacial score (nSPS) is 12.9. The van der Waals surface area contributed by atoms with Crippen molar-refractivity contribution in [1.82, 2.24) is 5.32 Å². The average molecular weight is 444 g/mol. The van der Waals surface area contributed by atoms with Crippen molar-refractivity contribution in [3.05, 3.63) is 89.5 Å². The van der Waals surface area contributed by atoms with E-state index in [1.807, 2.05) is 36.4 Å². The summed E-state index contributed by atoms with van der Waals surface area (Å²) in [6.07, 6.45) is -0.302. The molecule has 33 heavy (non-hydrogen) atoms. The number of hydrogen-bond donors (Lipinski definition) is 3. The van der Waals surface area contributed by atoms with Crippen LogP contribution in [0.2, 0.25) is 0 Å². The Morgan fingerprint density at radius 3 is 2.03 bits per heavy atom. The van der Waals surface area contributed by atoms with E-state index < -0.39 is 24.0 Å². The summed E-state index contributed by atoms with van der Waals surface area (Å²) in [5.74, 6) is -1.52. The maximum absolute atomic E-state index is 12.6. The van der Waals surface area contributed by atoms with Gasteiger partial charge in [-0.05, 0) is 52.9 Å². The second-order valence-corrected chi connectivity index (χ2v) is 7.80. The number of nitrogens with one attached hydrogen (secondary N) is 2. The van der Waals surface area contributed by atoms with Gasteiger partial charge in [0.1, 0.15) is 12.6 Å². The molecule has 1 aliphatic rings. The van der Waals surface area contributed by atoms with Gasteiger partial charge in [0.05, 0.1) is 5.56 Å². The summed E-state index contributed by atoms with van der Waals surface area (Å²) in [4.78, 5) is 36.0. The highest BCUT2D eigenvalue weighted by Crippen LogP contribution is 2.44. The molecule has 1 atom stereocenters. The standard InChI is InChI=1S/C26H24N2O5/c1-2-23(24(29)27-17-13-11-16(12-14-17)25(30)31)28-26(32)33-15-22-20-9-5-3-7-18(20)19-8-4-6-10-21(19)22/h3-14,22-23H,2,15H2,1H3,(H,27,29)(H,28,32)(H,30,31)/t23-/m1/s1. The first kappa shape index (κ1) is 22.1. The van der Waals surface area contributed by atoms with Gasteiger partial charge in [-0.25, -0.2) is 9.59 Å². The number of fused-ring (bicyclic) bond motifs is 3. The van der Waals surface area contributed by atoms with Crippen molar-refractivity contribution in [3.63, 3.8) is 0 Å². The summed E-state index contributed by atoms with van der Waals surface area (Å²) in [5, 5.41) is 14.3. The van der Waals surface area contributed by atoms with Crippen LogP contribution in [0, 0.1) is 0 Å². The summed E-state index contributed by atoms with van der Waals surface area (Å²) in [6, 6.07) is 21.1. The Kier molecular flexibility index (Phi) is 6.40. The number of carbonyl (C=O) groups excluding carboxylic acids is 2. The van der Waals surface area contributed by atoms with Crippen LogP contribution >= 0.6 is 0 Å². The number of carboxylic acids is 1. The number of anilines is 1. The van der Waals surface area contributed by atoms with Crippen LogP contribution in [0.25, 0.3) is 11.1 Å². The Bertz CT molecular complexity index is 1140. The summed E-state index contributed by atoms with van der Waals surface area (Å²) < 4.78 is 5.52. The molecule has 0 aliphatic heterocycles. The molecule has 0 aromatic heterocycles. The first-order valence-electron chi connectivity index (χ1n) is 10.7. The maximum Gasteiger partial charge on any atom is 0.407 e. The zero-order valence-electron chi connectivity index (χ0n) is 18.1. The van der Waals surface area contributed by atoms with Crippen molar-refractivity contribution in [2.24, 2.45) is 0 Å². The van der Waals surface area contributed by atoms with E-state index in [4.69, 9.17) is 9.84 Å². The molecule has 168 valence electrons. The highest BCUT2D eigenvalue weighted by atomic mass is 16.5. The number of alkyl carbamates (subject to hydrolysis) is 1. The molecule has 0 radical (unpaired) electrons. The third-order valence-corrected chi connectivity index (χ3v) is 5.76. The van der Waals surface area contributed by atoms with Crippen molar-refractivity contribution >= 4 is 23.7 Å². The lowest BCUT2D eigenvalue weighted by Crippen LogP contribution is -2.43. The van der Waals surface area contributed by atoms with Crippen molar-refractivity contribution in [2.45, 2.75) is 25.3 Å². The quantitative estimate of drug-likeness (QED) is 0.492. The van der Waals surface area contributed by atoms with Gasteiger partial charge in [0, 0.05) is 11.6 Å². The fourth-order valence-corrected chi connectivity index (χ4v) is 4.06. The third kappa shape index (κ3) is 4.72. The molecule has 3 aromatic carbocycles. The van der Waals surface area contributed by atoms with Gasteiger partial charge >= 0.3 is 12.1 Å². The van der Waals surface area contributed by atoms with E-state index >= 15 is 0 Å². The molecule has 1 aliphatic carbocycles. The number of rotatable bonds is 7. The lowest BCUT2D eigenvalue weighted by atomic mass is 9.98. The van der Waals surface area contributed by atoms with E-state index in [1.54, 1.807) is 6.92 Å². The molecule has 3 aromatic rings. The maximum atomic E-state index is 12.6. The van der Waals surface area contributed by atoms with E-state index in [2.05, 4.69) is 22.8 Å². The summed E-state index contributed by atoms with van der Waals surface area (Å²) in [5.41, 5.74) is 5.07. The molecule has 0 fully saturated rings. The van der Waals surface area contributed by atoms with Crippen molar-refractivity contribution < 1.29 is 24.2 Å². The van der Waals surface area contributed by atoms with Crippen molar-refractivity contribution in [3.8, 4) is 11.1 Å². The number of ether oxygens (including phenoxy) is 1. The number of hydrogen-bond acceptors (Lipinski definition) is 4. The molecule has 0 saturated carbocycles. The van der Waals surface area contributed by atoms with Crippen LogP contribution in [0.4, 0.5) is 10.5 Å². The van der Waals surface area contributed by atoms with Crippen LogP contribution in [-0.4, -0.2) is 35.7 Å². The molecular formula is C26H24N2O5. The predicted octanol–water partition coefficient (Wildman–Crippen LogP) is 4.64. The van der Waals surface area contributed by atoms with Gasteiger partial charge in [-0.3, -0.25) is 4.79 Å². The van der Waals surface area contributed by atoms with Gasteiger partial charge in [0.25, 0.3) is 0 Å². The van der Waals surface area contributed by atoms with Crippen LogP contribution in [-0.2, 0) is 9.53 Å². The van der Waals surface area contributed by atoms with Gasteiger partial charge in [0.2, 0.25) is 5.91 Å². The molecule has 3 N–H and O–H groups in total. The van der Waals surface area contributed by atoms with Crippen LogP contribution in [0.3, 0.4) is 0 Å². The Morgan fingerprint density at radius 2 is 1.48 bits per heavy atom. The van der Waals surface area contributed by atoms with E-state index in [9.17, 15) is 14.4 Å². The van der Waals surface area contributed by atoms with E-state index in [0.717, 1.165) is 22.3 Å². The summed E-state index contributed by atoms with van der Waals surface area (Å²) >= 11 is 0. The zero-order valence-corrected chi connectivity index (χ0v) is 18.1. The van der Waals surface area contributed by atoms with E-state index in [1.165, 1.54) is 24.3 Å². The fourth-order valence-electron chi connectivity index (χ4n) is 4.06. The van der Waals surface area contributed by atoms with Gasteiger partial charge in [-0.2, -0.15) is 0 Å². The predicted molar refractivity (Wildman–Crippen MR) is 124 cm³/mol. The fraction of sp³-hybridized carbons (Fsp3) is 0.192. The molecular weight excluding hydrogens is 420 g/mol. The highest BCUT2D eigenvalue weighted by Gasteiger charge is 2.29. The smallest absolute Gasteiger partial charge is 0.407 e. The Hall–Kier alpha value is -4.13. The minimum atomic E-state index is -1.05. The van der Waals surface area contributed by atoms with Crippen LogP contribution in [0.5, 0.6) is 0 Å². The van der Waals surface area contributed by atoms with Gasteiger partial charge < -0.3 is 20.5 Å². The topological polar surface area (TPSA) is 105 Å². The average Bonchev–Trinajstić information content (AvgIpc) is 3.15. The van der Waals surface area contributed by atoms with Crippen molar-refractivity contribution in [2.75, 3.05) is 11.9 Å². The van der Waals surface area contributed by atoms with Gasteiger partial charge in [0.15, 0.2) is 0 Å². The largest absolute Gasteiger partial charge is 0.478 e. The SMILES string of the molecule is CC[C@@H](NC(=O)OCC1c2ccccc2-c2ccccc21)C(=O)Nc1ccc(C(=O)O)cc1. The number of benzene rings is 3. The monoisotopic (exact) mass is 444 g/mol. The second kappa shape index (κ2) is 9.56. The second-order valence-electron chi connectivity index (χ2n) is 7.80. The number of carbonyl (C=O) groups is 3. The highest BCUT2D eigenvalue weighted by molar-refractivity contribution is 5.97. The Labute approximate surface area is 191 Å². The van der Waals surface area contributed by atoms with Crippen molar-refractivity contribution in [1.29, 1.82) is 0 Å². The lowest BCUT2D eigenvalue weighted by Gasteiger charge is -2.19. The molecule has 0 unspecified atom stereocenters. The van der Waals surface area contributed by atoms with Crippen LogP contribution in [0.15, 0.2) is 72.8 Å². The van der Waals surface area contributed by atoms with Crippen LogP contribution < -0.4 is 10.6 Å². The van der Waals surface area contributed by atoms with Gasteiger partial charge in [-0.15, -0.1) is 0 Å². The molecule has 0 spiro atoms. The molecule has 0 saturated heterocycles. The molecule has 7 nitrogen and oxygen atoms in total. The van der Waals surface area contributed by atoms with Gasteiger partial charge in [-0.1, -0.05) is 55.5 Å². The minimum absolute atomic E-state index is 0.0650. The Balaban J connectivity index is 1.37. The molecule has 2 amide bonds. The lowest BCUT2D eigenvalue weighted by molar-refractivity contribution is -0.118. The van der Waals surface area contributed by atoms with E-state index in [-0.39, 0.29) is 18.1 Å². The minimum Gasteiger partial charge on any atom is -0.478 e. The first-order valence-corrected chi connectivity index (χ1v) is 10.7. The summed E-state index contributed by atoms with van der Waals surface area (Å²) in [6.45, 7) is 1.94. The number of aromatic carboxylic acids is 1. The summed E-state index contributed by atoms with van der Waals surface area (Å²) in [7, 11) is 0. The molecule has 4 rings (SSSR count). The third-order valence-electron chi connectivity index (χ3n) is 5.76. The van der Waals surface area contributed by atoms with Crippen LogP contribution in [0.1, 0.15) is 40.7 Å². The number of carboxylic acid groups (broad SMARTS) is 1. The molecule has 0 heterocycles. The zero-order chi connectivity index (χ0) is 23.4. The number of amides is 2.